The first-order valence-electron chi connectivity index (χ1n) is 35.9. The first kappa shape index (κ1) is 79.9. The first-order valence-corrected chi connectivity index (χ1v) is 38.8. The van der Waals surface area contributed by atoms with Gasteiger partial charge in [0, 0.05) is 0 Å². The Morgan fingerprint density at radius 3 is 0.659 bits per heavy atom. The molecule has 9 heteroatoms. The van der Waals surface area contributed by atoms with Crippen molar-refractivity contribution < 1.29 is 25.9 Å². The van der Waals surface area contributed by atoms with Gasteiger partial charge in [-0.15, -0.1) is 0 Å². The third-order valence-corrected chi connectivity index (χ3v) is 19.8. The van der Waals surface area contributed by atoms with Gasteiger partial charge in [0.25, 0.3) is 0 Å². The van der Waals surface area contributed by atoms with E-state index >= 15 is 0 Å². The Kier molecular flexibility index (Phi) is 49.3. The predicted octanol–water partition coefficient (Wildman–Crippen LogP) is 24.1. The molecule has 85 heavy (non-hydrogen) atoms. The van der Waals surface area contributed by atoms with E-state index in [4.69, 9.17) is 0 Å². The quantitative estimate of drug-likeness (QED) is 0.0247. The molecule has 6 nitrogen and oxygen atoms in total. The second-order valence-corrected chi connectivity index (χ2v) is 28.4. The summed E-state index contributed by atoms with van der Waals surface area (Å²) >= 11 is 0. The van der Waals surface area contributed by atoms with Crippen LogP contribution in [0.3, 0.4) is 0 Å². The van der Waals surface area contributed by atoms with Crippen LogP contribution in [0.5, 0.6) is 0 Å². The van der Waals surface area contributed by atoms with Gasteiger partial charge in [0.05, 0.1) is 9.79 Å². The summed E-state index contributed by atoms with van der Waals surface area (Å²) in [5.74, 6) is 0. The normalized spacial score (nSPS) is 11.8. The summed E-state index contributed by atoms with van der Waals surface area (Å²) in [7, 11) is -8.92. The molecule has 0 spiro atoms. The molecule has 0 aliphatic rings. The molecule has 0 heterocycles. The summed E-state index contributed by atoms with van der Waals surface area (Å²) in [5, 5.41) is 4.00. The standard InChI is InChI=1S/2C38H64O3S.Ba/c2*1-3-5-7-9-11-13-15-17-19-21-23-25-27-34-29-30-35-31-32-36(42(39,40)41)33-38(35)37(34)28-26-24-22-20-18-16-14-12-10-8-6-4-2;/h2*29-33H,3-28H2,1-2H3,(H,39,40,41);/q;;+2/p-2. The minimum atomic E-state index is -4.46. The van der Waals surface area contributed by atoms with Gasteiger partial charge >= 0.3 is 48.9 Å². The van der Waals surface area contributed by atoms with Crippen LogP contribution in [-0.2, 0) is 45.9 Å². The topological polar surface area (TPSA) is 114 Å². The van der Waals surface area contributed by atoms with Gasteiger partial charge in [0.2, 0.25) is 0 Å². The molecule has 0 aromatic heterocycles. The van der Waals surface area contributed by atoms with Crippen molar-refractivity contribution in [2.24, 2.45) is 0 Å². The Morgan fingerprint density at radius 2 is 0.447 bits per heavy atom. The van der Waals surface area contributed by atoms with Crippen LogP contribution in [0, 0.1) is 0 Å². The van der Waals surface area contributed by atoms with E-state index in [9.17, 15) is 25.9 Å². The van der Waals surface area contributed by atoms with E-state index in [0.717, 1.165) is 60.1 Å². The van der Waals surface area contributed by atoms with Crippen molar-refractivity contribution in [2.45, 2.75) is 371 Å². The SMILES string of the molecule is CCCCCCCCCCCCCCc1ccc2ccc(S(=O)(=O)[O-])cc2c1CCCCCCCCCCCCCC.CCCCCCCCCCCCCCc1ccc2ccc(S(=O)(=O)[O-])cc2c1CCCCCCCCCCCCCC.[Ba+2]. The summed E-state index contributed by atoms with van der Waals surface area (Å²) in [6.07, 6.45) is 68.0. The van der Waals surface area contributed by atoms with Gasteiger partial charge < -0.3 is 9.11 Å². The van der Waals surface area contributed by atoms with E-state index in [-0.39, 0.29) is 58.7 Å². The molecule has 4 aromatic carbocycles. The average Bonchev–Trinajstić information content (AvgIpc) is 3.44. The molecular formula is C76H126BaO6S2. The van der Waals surface area contributed by atoms with Gasteiger partial charge in [-0.05, 0) is 119 Å². The molecular weight excluding hydrogens is 1210 g/mol. The van der Waals surface area contributed by atoms with Crippen LogP contribution in [0.2, 0.25) is 0 Å². The second kappa shape index (κ2) is 52.4. The smallest absolute Gasteiger partial charge is 0.744 e. The number of hydrogen-bond acceptors (Lipinski definition) is 6. The summed E-state index contributed by atoms with van der Waals surface area (Å²) < 4.78 is 70.7. The number of hydrogen-bond donors (Lipinski definition) is 0. The minimum absolute atomic E-state index is 0. The zero-order valence-electron chi connectivity index (χ0n) is 55.5. The van der Waals surface area contributed by atoms with Crippen LogP contribution < -0.4 is 0 Å². The number of benzene rings is 4. The fourth-order valence-corrected chi connectivity index (χ4v) is 13.8. The molecule has 0 aliphatic heterocycles. The van der Waals surface area contributed by atoms with Crippen molar-refractivity contribution in [3.63, 3.8) is 0 Å². The summed E-state index contributed by atoms with van der Waals surface area (Å²) in [4.78, 5) is -0.207. The number of aryl methyl sites for hydroxylation is 4. The minimum Gasteiger partial charge on any atom is -0.744 e. The predicted molar refractivity (Wildman–Crippen MR) is 369 cm³/mol. The Bertz CT molecular complexity index is 2300. The first-order chi connectivity index (χ1) is 40.9. The monoisotopic (exact) mass is 1340 g/mol. The van der Waals surface area contributed by atoms with Gasteiger partial charge in [0.1, 0.15) is 20.2 Å². The van der Waals surface area contributed by atoms with E-state index < -0.39 is 20.2 Å². The van der Waals surface area contributed by atoms with E-state index in [1.165, 1.54) is 330 Å². The van der Waals surface area contributed by atoms with Gasteiger partial charge in [-0.3, -0.25) is 0 Å². The fraction of sp³-hybridized carbons (Fsp3) is 0.737. The fourth-order valence-electron chi connectivity index (χ4n) is 12.8. The second-order valence-electron chi connectivity index (χ2n) is 25.6. The Hall–Kier alpha value is -1.21. The number of rotatable bonds is 54. The molecule has 0 atom stereocenters. The largest absolute Gasteiger partial charge is 2.00 e. The van der Waals surface area contributed by atoms with Crippen LogP contribution in [0.25, 0.3) is 21.5 Å². The Balaban J connectivity index is 0.000000573. The van der Waals surface area contributed by atoms with Crippen molar-refractivity contribution in [2.75, 3.05) is 0 Å². The molecule has 4 rings (SSSR count). The molecule has 0 amide bonds. The third-order valence-electron chi connectivity index (χ3n) is 18.1. The van der Waals surface area contributed by atoms with E-state index in [2.05, 4.69) is 52.0 Å². The molecule has 0 bridgehead atoms. The van der Waals surface area contributed by atoms with Crippen molar-refractivity contribution >= 4 is 90.7 Å². The van der Waals surface area contributed by atoms with E-state index in [0.29, 0.717) is 0 Å². The van der Waals surface area contributed by atoms with E-state index in [1.54, 1.807) is 24.3 Å². The molecule has 0 radical (unpaired) electrons. The van der Waals surface area contributed by atoms with Crippen molar-refractivity contribution in [1.82, 2.24) is 0 Å². The summed E-state index contributed by atoms with van der Waals surface area (Å²) in [5.41, 5.74) is 5.23. The zero-order valence-corrected chi connectivity index (χ0v) is 61.6. The summed E-state index contributed by atoms with van der Waals surface area (Å²) in [6, 6.07) is 18.5. The molecule has 4 aromatic rings. The molecule has 0 saturated heterocycles. The average molecular weight is 1340 g/mol. The van der Waals surface area contributed by atoms with Gasteiger partial charge in [0.15, 0.2) is 0 Å². The van der Waals surface area contributed by atoms with Gasteiger partial charge in [-0.1, -0.05) is 347 Å². The third kappa shape index (κ3) is 38.3. The van der Waals surface area contributed by atoms with Crippen LogP contribution >= 0.6 is 0 Å². The molecule has 0 unspecified atom stereocenters. The maximum atomic E-state index is 11.8. The van der Waals surface area contributed by atoms with E-state index in [1.807, 2.05) is 0 Å². The van der Waals surface area contributed by atoms with Crippen LogP contribution in [0.1, 0.15) is 358 Å². The van der Waals surface area contributed by atoms with Crippen LogP contribution in [0.4, 0.5) is 0 Å². The van der Waals surface area contributed by atoms with Crippen molar-refractivity contribution in [3.05, 3.63) is 82.9 Å². The Labute approximate surface area is 565 Å². The molecule has 0 fully saturated rings. The Morgan fingerprint density at radius 1 is 0.259 bits per heavy atom. The molecule has 0 aliphatic carbocycles. The van der Waals surface area contributed by atoms with Crippen molar-refractivity contribution in [3.8, 4) is 0 Å². The maximum absolute atomic E-state index is 11.8. The van der Waals surface area contributed by atoms with Gasteiger partial charge in [-0.2, -0.15) is 0 Å². The molecule has 0 saturated carbocycles. The number of unbranched alkanes of at least 4 members (excludes halogenated alkanes) is 44. The number of fused-ring (bicyclic) bond motifs is 2. The van der Waals surface area contributed by atoms with Crippen molar-refractivity contribution in [1.29, 1.82) is 0 Å². The van der Waals surface area contributed by atoms with Crippen LogP contribution in [0.15, 0.2) is 70.5 Å². The van der Waals surface area contributed by atoms with Gasteiger partial charge in [-0.25, -0.2) is 16.8 Å². The summed E-state index contributed by atoms with van der Waals surface area (Å²) in [6.45, 7) is 9.10. The maximum Gasteiger partial charge on any atom is 2.00 e. The molecule has 0 N–H and O–H groups in total. The zero-order chi connectivity index (χ0) is 60.6. The molecule has 480 valence electrons. The van der Waals surface area contributed by atoms with Crippen LogP contribution in [-0.4, -0.2) is 74.8 Å².